The van der Waals surface area contributed by atoms with Gasteiger partial charge in [-0.2, -0.15) is 0 Å². The number of carboxylic acid groups (broad SMARTS) is 1. The second kappa shape index (κ2) is 6.96. The lowest BCUT2D eigenvalue weighted by Gasteiger charge is -2.39. The SMILES string of the molecule is C[C@@H](c1ccc([C@@H](O)[C@@]2(C)CCCN2C)cc1)N(C(=O)O)C(C)(C)C. The highest BCUT2D eigenvalue weighted by molar-refractivity contribution is 5.66. The van der Waals surface area contributed by atoms with Crippen molar-refractivity contribution in [3.63, 3.8) is 0 Å². The Morgan fingerprint density at radius 3 is 2.16 bits per heavy atom. The number of likely N-dealkylation sites (tertiary alicyclic amines) is 1. The maximum atomic E-state index is 11.7. The normalized spacial score (nSPS) is 24.1. The fraction of sp³-hybridized carbons (Fsp3) is 0.650. The van der Waals surface area contributed by atoms with Gasteiger partial charge in [0, 0.05) is 11.1 Å². The molecule has 140 valence electrons. The van der Waals surface area contributed by atoms with Gasteiger partial charge in [0.25, 0.3) is 0 Å². The third kappa shape index (κ3) is 3.82. The smallest absolute Gasteiger partial charge is 0.408 e. The van der Waals surface area contributed by atoms with Crippen molar-refractivity contribution in [2.45, 2.75) is 70.7 Å². The maximum absolute atomic E-state index is 11.7. The summed E-state index contributed by atoms with van der Waals surface area (Å²) in [6.07, 6.45) is 0.588. The minimum absolute atomic E-state index is 0.244. The van der Waals surface area contributed by atoms with Crippen molar-refractivity contribution in [1.82, 2.24) is 9.80 Å². The number of likely N-dealkylation sites (N-methyl/N-ethyl adjacent to an activating group) is 1. The largest absolute Gasteiger partial charge is 0.465 e. The molecule has 1 amide bonds. The lowest BCUT2D eigenvalue weighted by Crippen LogP contribution is -2.46. The number of rotatable bonds is 4. The van der Waals surface area contributed by atoms with Crippen LogP contribution < -0.4 is 0 Å². The number of carbonyl (C=O) groups is 1. The first-order valence-electron chi connectivity index (χ1n) is 9.00. The number of benzene rings is 1. The van der Waals surface area contributed by atoms with E-state index in [1.807, 2.05) is 52.0 Å². The zero-order valence-corrected chi connectivity index (χ0v) is 16.3. The Balaban J connectivity index is 2.23. The molecular formula is C20H32N2O3. The Bertz CT molecular complexity index is 608. The van der Waals surface area contributed by atoms with Gasteiger partial charge in [-0.1, -0.05) is 24.3 Å². The highest BCUT2D eigenvalue weighted by Crippen LogP contribution is 2.39. The van der Waals surface area contributed by atoms with Crippen molar-refractivity contribution in [3.8, 4) is 0 Å². The Kier molecular flexibility index (Phi) is 5.50. The quantitative estimate of drug-likeness (QED) is 0.862. The van der Waals surface area contributed by atoms with Crippen molar-refractivity contribution >= 4 is 6.09 Å². The predicted octanol–water partition coefficient (Wildman–Crippen LogP) is 4.04. The highest BCUT2D eigenvalue weighted by atomic mass is 16.4. The van der Waals surface area contributed by atoms with E-state index in [1.165, 1.54) is 4.90 Å². The average molecular weight is 348 g/mol. The molecule has 1 aliphatic heterocycles. The van der Waals surface area contributed by atoms with Crippen LogP contribution >= 0.6 is 0 Å². The molecule has 0 aromatic heterocycles. The topological polar surface area (TPSA) is 64.0 Å². The molecule has 1 aliphatic rings. The summed E-state index contributed by atoms with van der Waals surface area (Å²) < 4.78 is 0. The second-order valence-corrected chi connectivity index (χ2v) is 8.45. The summed E-state index contributed by atoms with van der Waals surface area (Å²) in [6, 6.07) is 7.47. The van der Waals surface area contributed by atoms with Gasteiger partial charge in [0.15, 0.2) is 0 Å². The molecule has 5 nitrogen and oxygen atoms in total. The van der Waals surface area contributed by atoms with E-state index in [-0.39, 0.29) is 11.6 Å². The van der Waals surface area contributed by atoms with Gasteiger partial charge >= 0.3 is 6.09 Å². The molecule has 1 fully saturated rings. The molecular weight excluding hydrogens is 316 g/mol. The Morgan fingerprint density at radius 1 is 1.24 bits per heavy atom. The fourth-order valence-electron chi connectivity index (χ4n) is 3.96. The number of aliphatic hydroxyl groups is 1. The molecule has 1 saturated heterocycles. The molecule has 0 radical (unpaired) electrons. The van der Waals surface area contributed by atoms with Gasteiger partial charge in [-0.3, -0.25) is 9.80 Å². The number of hydrogen-bond donors (Lipinski definition) is 2. The van der Waals surface area contributed by atoms with E-state index in [4.69, 9.17) is 0 Å². The lowest BCUT2D eigenvalue weighted by molar-refractivity contribution is 0.0158. The van der Waals surface area contributed by atoms with Crippen LogP contribution in [0.1, 0.15) is 70.7 Å². The number of nitrogens with zero attached hydrogens (tertiary/aromatic N) is 2. The average Bonchev–Trinajstić information content (AvgIpc) is 2.85. The Morgan fingerprint density at radius 2 is 1.76 bits per heavy atom. The first kappa shape index (κ1) is 19.7. The highest BCUT2D eigenvalue weighted by Gasteiger charge is 2.41. The third-order valence-electron chi connectivity index (χ3n) is 5.69. The van der Waals surface area contributed by atoms with Crippen LogP contribution in [0.3, 0.4) is 0 Å². The monoisotopic (exact) mass is 348 g/mol. The minimum Gasteiger partial charge on any atom is -0.465 e. The third-order valence-corrected chi connectivity index (χ3v) is 5.69. The van der Waals surface area contributed by atoms with Gasteiger partial charge in [0.05, 0.1) is 12.1 Å². The van der Waals surface area contributed by atoms with E-state index in [2.05, 4.69) is 18.9 Å². The molecule has 3 atom stereocenters. The van der Waals surface area contributed by atoms with Crippen LogP contribution in [0.2, 0.25) is 0 Å². The van der Waals surface area contributed by atoms with Gasteiger partial charge in [-0.25, -0.2) is 4.79 Å². The molecule has 0 bridgehead atoms. The molecule has 1 aromatic rings. The molecule has 2 N–H and O–H groups in total. The zero-order valence-electron chi connectivity index (χ0n) is 16.3. The summed E-state index contributed by atoms with van der Waals surface area (Å²) in [7, 11) is 2.06. The summed E-state index contributed by atoms with van der Waals surface area (Å²) in [5.41, 5.74) is 1.08. The summed E-state index contributed by atoms with van der Waals surface area (Å²) in [6.45, 7) is 10.7. The van der Waals surface area contributed by atoms with E-state index in [1.54, 1.807) is 0 Å². The minimum atomic E-state index is -0.927. The van der Waals surface area contributed by atoms with Crippen LogP contribution in [0.4, 0.5) is 4.79 Å². The first-order chi connectivity index (χ1) is 11.5. The molecule has 0 spiro atoms. The van der Waals surface area contributed by atoms with E-state index in [9.17, 15) is 15.0 Å². The van der Waals surface area contributed by atoms with Gasteiger partial charge in [0.2, 0.25) is 0 Å². The van der Waals surface area contributed by atoms with Gasteiger partial charge < -0.3 is 10.2 Å². The van der Waals surface area contributed by atoms with Gasteiger partial charge in [-0.05, 0) is 72.2 Å². The second-order valence-electron chi connectivity index (χ2n) is 8.45. The summed E-state index contributed by atoms with van der Waals surface area (Å²) in [4.78, 5) is 15.4. The van der Waals surface area contributed by atoms with E-state index in [0.29, 0.717) is 0 Å². The number of amides is 1. The lowest BCUT2D eigenvalue weighted by atomic mass is 9.86. The summed E-state index contributed by atoms with van der Waals surface area (Å²) in [5.74, 6) is 0. The molecule has 1 aromatic carbocycles. The van der Waals surface area contributed by atoms with Gasteiger partial charge in [-0.15, -0.1) is 0 Å². The van der Waals surface area contributed by atoms with Crippen LogP contribution in [-0.2, 0) is 0 Å². The van der Waals surface area contributed by atoms with Crippen LogP contribution in [0.15, 0.2) is 24.3 Å². The molecule has 25 heavy (non-hydrogen) atoms. The molecule has 0 aliphatic carbocycles. The standard InChI is InChI=1S/C20H32N2O3/c1-14(22(18(24)25)19(2,3)4)15-8-10-16(11-9-15)17(23)20(5)12-7-13-21(20)6/h8-11,14,17,23H,7,12-13H2,1-6H3,(H,24,25)/t14-,17+,20+/m0/s1. The molecule has 1 heterocycles. The molecule has 2 rings (SSSR count). The Labute approximate surface area is 151 Å². The van der Waals surface area contributed by atoms with Gasteiger partial charge in [0.1, 0.15) is 0 Å². The van der Waals surface area contributed by atoms with Crippen LogP contribution in [0.25, 0.3) is 0 Å². The van der Waals surface area contributed by atoms with E-state index >= 15 is 0 Å². The number of hydrogen-bond acceptors (Lipinski definition) is 3. The van der Waals surface area contributed by atoms with Crippen molar-refractivity contribution in [2.24, 2.45) is 0 Å². The first-order valence-corrected chi connectivity index (χ1v) is 9.00. The molecule has 0 unspecified atom stereocenters. The van der Waals surface area contributed by atoms with E-state index in [0.717, 1.165) is 30.5 Å². The van der Waals surface area contributed by atoms with Crippen LogP contribution in [-0.4, -0.2) is 50.8 Å². The van der Waals surface area contributed by atoms with Crippen molar-refractivity contribution in [2.75, 3.05) is 13.6 Å². The number of aliphatic hydroxyl groups excluding tert-OH is 1. The predicted molar refractivity (Wildman–Crippen MR) is 99.7 cm³/mol. The summed E-state index contributed by atoms with van der Waals surface area (Å²) >= 11 is 0. The summed E-state index contributed by atoms with van der Waals surface area (Å²) in [5, 5.41) is 20.4. The van der Waals surface area contributed by atoms with Crippen LogP contribution in [0.5, 0.6) is 0 Å². The van der Waals surface area contributed by atoms with Crippen molar-refractivity contribution in [1.29, 1.82) is 0 Å². The fourth-order valence-corrected chi connectivity index (χ4v) is 3.96. The van der Waals surface area contributed by atoms with Crippen molar-refractivity contribution < 1.29 is 15.0 Å². The molecule has 5 heteroatoms. The zero-order chi connectivity index (χ0) is 19.0. The Hall–Kier alpha value is -1.59. The van der Waals surface area contributed by atoms with Crippen LogP contribution in [0, 0.1) is 0 Å². The maximum Gasteiger partial charge on any atom is 0.408 e. The van der Waals surface area contributed by atoms with E-state index < -0.39 is 17.7 Å². The van der Waals surface area contributed by atoms with Crippen molar-refractivity contribution in [3.05, 3.63) is 35.4 Å². The molecule has 0 saturated carbocycles.